The van der Waals surface area contributed by atoms with Crippen LogP contribution in [0.3, 0.4) is 0 Å². The molecule has 0 spiro atoms. The number of hydrogen-bond donors (Lipinski definition) is 0. The molecule has 0 amide bonds. The quantitative estimate of drug-likeness (QED) is 0.717. The van der Waals surface area contributed by atoms with Crippen LogP contribution in [0.25, 0.3) is 10.2 Å². The molecule has 3 aromatic heterocycles. The van der Waals surface area contributed by atoms with E-state index >= 15 is 0 Å². The number of thiophene rings is 1. The molecule has 1 fully saturated rings. The predicted octanol–water partition coefficient (Wildman–Crippen LogP) is 1.82. The Kier molecular flexibility index (Phi) is 2.44. The van der Waals surface area contributed by atoms with Crippen LogP contribution in [0.5, 0.6) is 0 Å². The number of nitrogens with zero attached hydrogens (tertiary/aromatic N) is 6. The lowest BCUT2D eigenvalue weighted by Crippen LogP contribution is -2.48. The van der Waals surface area contributed by atoms with E-state index in [9.17, 15) is 0 Å². The Morgan fingerprint density at radius 2 is 2.25 bits per heavy atom. The molecule has 0 saturated carbocycles. The first kappa shape index (κ1) is 11.4. The van der Waals surface area contributed by atoms with Crippen LogP contribution in [0.15, 0.2) is 30.2 Å². The molecule has 1 aliphatic heterocycles. The Balaban J connectivity index is 1.56. The zero-order valence-electron chi connectivity index (χ0n) is 10.5. The molecule has 0 aromatic carbocycles. The van der Waals surface area contributed by atoms with Gasteiger partial charge < -0.3 is 4.90 Å². The van der Waals surface area contributed by atoms with Crippen molar-refractivity contribution >= 4 is 27.4 Å². The number of anilines is 1. The van der Waals surface area contributed by atoms with Gasteiger partial charge in [0.25, 0.3) is 0 Å². The van der Waals surface area contributed by atoms with Crippen molar-refractivity contribution in [2.24, 2.45) is 0 Å². The summed E-state index contributed by atoms with van der Waals surface area (Å²) in [5.41, 5.74) is 1.60. The second kappa shape index (κ2) is 4.28. The minimum atomic E-state index is 0.307. The predicted molar refractivity (Wildman–Crippen MR) is 75.6 cm³/mol. The van der Waals surface area contributed by atoms with E-state index in [4.69, 9.17) is 5.26 Å². The Labute approximate surface area is 118 Å². The van der Waals surface area contributed by atoms with Crippen LogP contribution in [0.1, 0.15) is 11.6 Å². The maximum Gasteiger partial charge on any atom is 0.150 e. The molecule has 1 saturated heterocycles. The third-order valence-electron chi connectivity index (χ3n) is 3.49. The van der Waals surface area contributed by atoms with Gasteiger partial charge in [0.2, 0.25) is 0 Å². The molecule has 0 radical (unpaired) electrons. The molecule has 0 unspecified atom stereocenters. The zero-order chi connectivity index (χ0) is 13.5. The largest absolute Gasteiger partial charge is 0.351 e. The van der Waals surface area contributed by atoms with Crippen molar-refractivity contribution in [1.29, 1.82) is 5.26 Å². The van der Waals surface area contributed by atoms with Crippen LogP contribution in [-0.4, -0.2) is 32.8 Å². The van der Waals surface area contributed by atoms with Crippen molar-refractivity contribution in [3.05, 3.63) is 35.7 Å². The summed E-state index contributed by atoms with van der Waals surface area (Å²) in [6.07, 6.45) is 5.01. The fraction of sp³-hybridized carbons (Fsp3) is 0.231. The van der Waals surface area contributed by atoms with Gasteiger partial charge in [-0.25, -0.2) is 9.97 Å². The topological polar surface area (TPSA) is 70.6 Å². The lowest BCUT2D eigenvalue weighted by molar-refractivity contribution is 0.366. The number of rotatable bonds is 2. The number of aromatic nitrogens is 4. The standard InChI is InChI=1S/C13H10N6S/c14-3-9-4-17-19(5-9)10-6-18(7-10)13-12-11(1-2-20-12)15-8-16-13/h1-2,4-5,8,10H,6-7H2. The smallest absolute Gasteiger partial charge is 0.150 e. The van der Waals surface area contributed by atoms with Crippen LogP contribution in [-0.2, 0) is 0 Å². The van der Waals surface area contributed by atoms with E-state index in [1.165, 1.54) is 0 Å². The second-order valence-electron chi connectivity index (χ2n) is 4.71. The highest BCUT2D eigenvalue weighted by atomic mass is 32.1. The minimum absolute atomic E-state index is 0.307. The van der Waals surface area contributed by atoms with E-state index in [1.54, 1.807) is 30.1 Å². The molecule has 1 aliphatic rings. The van der Waals surface area contributed by atoms with Gasteiger partial charge in [0.05, 0.1) is 28.0 Å². The fourth-order valence-corrected chi connectivity index (χ4v) is 3.25. The van der Waals surface area contributed by atoms with Crippen molar-refractivity contribution in [2.45, 2.75) is 6.04 Å². The fourth-order valence-electron chi connectivity index (χ4n) is 2.39. The molecule has 3 aromatic rings. The summed E-state index contributed by atoms with van der Waals surface area (Å²) < 4.78 is 2.99. The molecule has 0 aliphatic carbocycles. The van der Waals surface area contributed by atoms with Gasteiger partial charge in [-0.2, -0.15) is 10.4 Å². The van der Waals surface area contributed by atoms with Crippen molar-refractivity contribution < 1.29 is 0 Å². The van der Waals surface area contributed by atoms with Crippen LogP contribution in [0.4, 0.5) is 5.82 Å². The normalized spacial score (nSPS) is 15.2. The van der Waals surface area contributed by atoms with Crippen LogP contribution < -0.4 is 4.90 Å². The monoisotopic (exact) mass is 282 g/mol. The molecule has 7 heteroatoms. The average Bonchev–Trinajstić information content (AvgIpc) is 3.05. The Morgan fingerprint density at radius 3 is 3.05 bits per heavy atom. The first-order chi connectivity index (χ1) is 9.85. The van der Waals surface area contributed by atoms with E-state index in [2.05, 4.69) is 26.0 Å². The first-order valence-electron chi connectivity index (χ1n) is 6.22. The van der Waals surface area contributed by atoms with Gasteiger partial charge in [-0.3, -0.25) is 4.68 Å². The SMILES string of the molecule is N#Cc1cnn(C2CN(c3ncnc4ccsc34)C2)c1. The third kappa shape index (κ3) is 1.66. The maximum absolute atomic E-state index is 8.82. The minimum Gasteiger partial charge on any atom is -0.351 e. The molecule has 4 rings (SSSR count). The van der Waals surface area contributed by atoms with Crippen molar-refractivity contribution in [2.75, 3.05) is 18.0 Å². The summed E-state index contributed by atoms with van der Waals surface area (Å²) in [4.78, 5) is 10.9. The van der Waals surface area contributed by atoms with E-state index in [1.807, 2.05) is 16.1 Å². The van der Waals surface area contributed by atoms with Gasteiger partial charge >= 0.3 is 0 Å². The summed E-state index contributed by atoms with van der Waals surface area (Å²) in [6.45, 7) is 1.72. The Bertz CT molecular complexity index is 807. The second-order valence-corrected chi connectivity index (χ2v) is 5.63. The summed E-state index contributed by atoms with van der Waals surface area (Å²) >= 11 is 1.66. The molecular formula is C13H10N6S. The third-order valence-corrected chi connectivity index (χ3v) is 4.39. The molecule has 4 heterocycles. The molecule has 98 valence electrons. The number of hydrogen-bond acceptors (Lipinski definition) is 6. The van der Waals surface area contributed by atoms with Gasteiger partial charge in [0.15, 0.2) is 0 Å². The summed E-state index contributed by atoms with van der Waals surface area (Å²) in [5, 5.41) is 15.1. The van der Waals surface area contributed by atoms with E-state index < -0.39 is 0 Å². The highest BCUT2D eigenvalue weighted by molar-refractivity contribution is 7.17. The van der Waals surface area contributed by atoms with Crippen LogP contribution >= 0.6 is 11.3 Å². The van der Waals surface area contributed by atoms with Gasteiger partial charge in [0, 0.05) is 19.3 Å². The Morgan fingerprint density at radius 1 is 1.35 bits per heavy atom. The van der Waals surface area contributed by atoms with E-state index in [0.717, 1.165) is 29.1 Å². The average molecular weight is 282 g/mol. The lowest BCUT2D eigenvalue weighted by Gasteiger charge is -2.40. The Hall–Kier alpha value is -2.46. The molecule has 0 N–H and O–H groups in total. The van der Waals surface area contributed by atoms with Crippen molar-refractivity contribution in [1.82, 2.24) is 19.7 Å². The highest BCUT2D eigenvalue weighted by Gasteiger charge is 2.31. The summed E-state index contributed by atoms with van der Waals surface area (Å²) in [6, 6.07) is 4.41. The lowest BCUT2D eigenvalue weighted by atomic mass is 10.1. The molecule has 0 bridgehead atoms. The molecule has 0 atom stereocenters. The van der Waals surface area contributed by atoms with Gasteiger partial charge in [-0.15, -0.1) is 11.3 Å². The van der Waals surface area contributed by atoms with Crippen molar-refractivity contribution in [3.8, 4) is 6.07 Å². The van der Waals surface area contributed by atoms with Crippen molar-refractivity contribution in [3.63, 3.8) is 0 Å². The first-order valence-corrected chi connectivity index (χ1v) is 7.10. The number of fused-ring (bicyclic) bond motifs is 1. The van der Waals surface area contributed by atoms with Crippen LogP contribution in [0.2, 0.25) is 0 Å². The van der Waals surface area contributed by atoms with E-state index in [0.29, 0.717) is 11.6 Å². The van der Waals surface area contributed by atoms with Crippen LogP contribution in [0, 0.1) is 11.3 Å². The summed E-state index contributed by atoms with van der Waals surface area (Å²) in [5.74, 6) is 0.994. The highest BCUT2D eigenvalue weighted by Crippen LogP contribution is 2.33. The number of nitriles is 1. The summed E-state index contributed by atoms with van der Waals surface area (Å²) in [7, 11) is 0. The van der Waals surface area contributed by atoms with Gasteiger partial charge in [-0.1, -0.05) is 0 Å². The molecular weight excluding hydrogens is 272 g/mol. The zero-order valence-corrected chi connectivity index (χ0v) is 11.3. The van der Waals surface area contributed by atoms with Gasteiger partial charge in [-0.05, 0) is 11.4 Å². The van der Waals surface area contributed by atoms with E-state index in [-0.39, 0.29) is 0 Å². The molecule has 6 nitrogen and oxygen atoms in total. The molecule has 20 heavy (non-hydrogen) atoms. The van der Waals surface area contributed by atoms with Gasteiger partial charge in [0.1, 0.15) is 18.2 Å². The maximum atomic E-state index is 8.82.